The fourth-order valence-electron chi connectivity index (χ4n) is 2.02. The molecule has 2 rings (SSSR count). The summed E-state index contributed by atoms with van der Waals surface area (Å²) in [5, 5.41) is 3.56. The fourth-order valence-corrected chi connectivity index (χ4v) is 2.02. The highest BCUT2D eigenvalue weighted by atomic mass is 15.1. The number of hydrogen-bond acceptors (Lipinski definition) is 2. The SMILES string of the molecule is CN(C)c1cccc(NC2C=CCCC2)c1. The van der Waals surface area contributed by atoms with Gasteiger partial charge in [-0.15, -0.1) is 0 Å². The Morgan fingerprint density at radius 3 is 2.88 bits per heavy atom. The lowest BCUT2D eigenvalue weighted by Crippen LogP contribution is -2.18. The monoisotopic (exact) mass is 216 g/mol. The van der Waals surface area contributed by atoms with E-state index in [-0.39, 0.29) is 0 Å². The van der Waals surface area contributed by atoms with Crippen molar-refractivity contribution in [2.75, 3.05) is 24.3 Å². The highest BCUT2D eigenvalue weighted by molar-refractivity contribution is 5.58. The predicted octanol–water partition coefficient (Wildman–Crippen LogP) is 3.27. The Bertz CT molecular complexity index is 369. The van der Waals surface area contributed by atoms with E-state index in [1.54, 1.807) is 0 Å². The number of nitrogens with one attached hydrogen (secondary N) is 1. The van der Waals surface area contributed by atoms with Gasteiger partial charge in [0.2, 0.25) is 0 Å². The van der Waals surface area contributed by atoms with Gasteiger partial charge in [-0.25, -0.2) is 0 Å². The maximum Gasteiger partial charge on any atom is 0.0444 e. The molecular weight excluding hydrogens is 196 g/mol. The largest absolute Gasteiger partial charge is 0.379 e. The number of rotatable bonds is 3. The molecule has 1 atom stereocenters. The molecule has 1 N–H and O–H groups in total. The molecule has 0 fully saturated rings. The second-order valence-electron chi connectivity index (χ2n) is 4.55. The zero-order chi connectivity index (χ0) is 11.4. The van der Waals surface area contributed by atoms with Crippen molar-refractivity contribution >= 4 is 11.4 Å². The third-order valence-corrected chi connectivity index (χ3v) is 2.97. The third kappa shape index (κ3) is 2.78. The van der Waals surface area contributed by atoms with E-state index < -0.39 is 0 Å². The Hall–Kier alpha value is -1.44. The zero-order valence-electron chi connectivity index (χ0n) is 10.1. The van der Waals surface area contributed by atoms with Crippen LogP contribution >= 0.6 is 0 Å². The highest BCUT2D eigenvalue weighted by Gasteiger charge is 2.07. The van der Waals surface area contributed by atoms with Crippen molar-refractivity contribution in [1.82, 2.24) is 0 Å². The second kappa shape index (κ2) is 5.06. The van der Waals surface area contributed by atoms with Crippen LogP contribution in [0.15, 0.2) is 36.4 Å². The van der Waals surface area contributed by atoms with Crippen molar-refractivity contribution in [3.63, 3.8) is 0 Å². The number of benzene rings is 1. The van der Waals surface area contributed by atoms with E-state index in [0.717, 1.165) is 0 Å². The summed E-state index contributed by atoms with van der Waals surface area (Å²) in [6, 6.07) is 9.07. The van der Waals surface area contributed by atoms with Crippen LogP contribution in [0.25, 0.3) is 0 Å². The first-order valence-electron chi connectivity index (χ1n) is 5.96. The zero-order valence-corrected chi connectivity index (χ0v) is 10.1. The van der Waals surface area contributed by atoms with Gasteiger partial charge in [0.05, 0.1) is 0 Å². The molecular formula is C14H20N2. The average molecular weight is 216 g/mol. The summed E-state index contributed by atoms with van der Waals surface area (Å²) in [5.41, 5.74) is 2.45. The van der Waals surface area contributed by atoms with Crippen molar-refractivity contribution in [3.8, 4) is 0 Å². The van der Waals surface area contributed by atoms with Gasteiger partial charge < -0.3 is 10.2 Å². The summed E-state index contributed by atoms with van der Waals surface area (Å²) < 4.78 is 0. The van der Waals surface area contributed by atoms with E-state index in [2.05, 4.69) is 60.7 Å². The molecule has 0 bridgehead atoms. The minimum Gasteiger partial charge on any atom is -0.379 e. The summed E-state index contributed by atoms with van der Waals surface area (Å²) in [5.74, 6) is 0. The van der Waals surface area contributed by atoms with Crippen LogP contribution in [0.2, 0.25) is 0 Å². The minimum absolute atomic E-state index is 0.506. The van der Waals surface area contributed by atoms with Crippen LogP contribution < -0.4 is 10.2 Å². The molecule has 0 aromatic heterocycles. The maximum absolute atomic E-state index is 3.56. The van der Waals surface area contributed by atoms with Gasteiger partial charge >= 0.3 is 0 Å². The van der Waals surface area contributed by atoms with E-state index in [9.17, 15) is 0 Å². The Morgan fingerprint density at radius 1 is 1.31 bits per heavy atom. The lowest BCUT2D eigenvalue weighted by atomic mass is 10.0. The summed E-state index contributed by atoms with van der Waals surface area (Å²) >= 11 is 0. The van der Waals surface area contributed by atoms with E-state index in [1.807, 2.05) is 0 Å². The highest BCUT2D eigenvalue weighted by Crippen LogP contribution is 2.20. The topological polar surface area (TPSA) is 15.3 Å². The summed E-state index contributed by atoms with van der Waals surface area (Å²) in [6.07, 6.45) is 8.32. The Labute approximate surface area is 98.0 Å². The van der Waals surface area contributed by atoms with E-state index in [1.165, 1.54) is 30.6 Å². The van der Waals surface area contributed by atoms with Crippen molar-refractivity contribution in [1.29, 1.82) is 0 Å². The van der Waals surface area contributed by atoms with Crippen LogP contribution in [0.3, 0.4) is 0 Å². The van der Waals surface area contributed by atoms with Crippen LogP contribution in [-0.2, 0) is 0 Å². The molecule has 16 heavy (non-hydrogen) atoms. The molecule has 0 spiro atoms. The number of nitrogens with zero attached hydrogens (tertiary/aromatic N) is 1. The quantitative estimate of drug-likeness (QED) is 0.780. The second-order valence-corrected chi connectivity index (χ2v) is 4.55. The van der Waals surface area contributed by atoms with Crippen molar-refractivity contribution in [3.05, 3.63) is 36.4 Å². The van der Waals surface area contributed by atoms with Crippen molar-refractivity contribution in [2.24, 2.45) is 0 Å². The van der Waals surface area contributed by atoms with Crippen LogP contribution in [0.5, 0.6) is 0 Å². The summed E-state index contributed by atoms with van der Waals surface area (Å²) in [6.45, 7) is 0. The molecule has 86 valence electrons. The summed E-state index contributed by atoms with van der Waals surface area (Å²) in [4.78, 5) is 2.13. The van der Waals surface area contributed by atoms with Crippen LogP contribution in [0.1, 0.15) is 19.3 Å². The number of allylic oxidation sites excluding steroid dienone is 1. The standard InChI is InChI=1S/C14H20N2/c1-16(2)14-10-6-9-13(11-14)15-12-7-4-3-5-8-12/h4,6-7,9-12,15H,3,5,8H2,1-2H3. The maximum atomic E-state index is 3.56. The predicted molar refractivity (Wildman–Crippen MR) is 71.2 cm³/mol. The molecule has 2 nitrogen and oxygen atoms in total. The van der Waals surface area contributed by atoms with Gasteiger partial charge in [0.15, 0.2) is 0 Å². The average Bonchev–Trinajstić information content (AvgIpc) is 2.30. The molecule has 1 aromatic rings. The fraction of sp³-hybridized carbons (Fsp3) is 0.429. The minimum atomic E-state index is 0.506. The third-order valence-electron chi connectivity index (χ3n) is 2.97. The Balaban J connectivity index is 2.06. The first-order valence-corrected chi connectivity index (χ1v) is 5.96. The molecule has 1 aliphatic rings. The normalized spacial score (nSPS) is 19.5. The van der Waals surface area contributed by atoms with Gasteiger partial charge in [-0.2, -0.15) is 0 Å². The lowest BCUT2D eigenvalue weighted by Gasteiger charge is -2.20. The van der Waals surface area contributed by atoms with Gasteiger partial charge in [0.1, 0.15) is 0 Å². The molecule has 0 radical (unpaired) electrons. The molecule has 2 heteroatoms. The molecule has 0 amide bonds. The first-order chi connectivity index (χ1) is 7.75. The first kappa shape index (κ1) is 11.1. The van der Waals surface area contributed by atoms with Gasteiger partial charge in [-0.3, -0.25) is 0 Å². The molecule has 1 aliphatic carbocycles. The van der Waals surface area contributed by atoms with Crippen molar-refractivity contribution < 1.29 is 0 Å². The Kier molecular flexibility index (Phi) is 3.50. The van der Waals surface area contributed by atoms with Crippen LogP contribution in [0, 0.1) is 0 Å². The molecule has 0 aliphatic heterocycles. The van der Waals surface area contributed by atoms with Gasteiger partial charge in [0, 0.05) is 31.5 Å². The van der Waals surface area contributed by atoms with Gasteiger partial charge in [0.25, 0.3) is 0 Å². The molecule has 1 aromatic carbocycles. The smallest absolute Gasteiger partial charge is 0.0444 e. The molecule has 1 unspecified atom stereocenters. The van der Waals surface area contributed by atoms with Gasteiger partial charge in [-0.05, 0) is 37.5 Å². The van der Waals surface area contributed by atoms with Crippen LogP contribution in [-0.4, -0.2) is 20.1 Å². The lowest BCUT2D eigenvalue weighted by molar-refractivity contribution is 0.674. The summed E-state index contributed by atoms with van der Waals surface area (Å²) in [7, 11) is 4.14. The Morgan fingerprint density at radius 2 is 2.19 bits per heavy atom. The van der Waals surface area contributed by atoms with E-state index >= 15 is 0 Å². The molecule has 0 saturated heterocycles. The van der Waals surface area contributed by atoms with Crippen LogP contribution in [0.4, 0.5) is 11.4 Å². The number of anilines is 2. The number of hydrogen-bond donors (Lipinski definition) is 1. The molecule has 0 heterocycles. The van der Waals surface area contributed by atoms with Gasteiger partial charge in [-0.1, -0.05) is 18.2 Å². The molecule has 0 saturated carbocycles. The van der Waals surface area contributed by atoms with Crippen molar-refractivity contribution in [2.45, 2.75) is 25.3 Å². The van der Waals surface area contributed by atoms with E-state index in [4.69, 9.17) is 0 Å². The van der Waals surface area contributed by atoms with E-state index in [0.29, 0.717) is 6.04 Å².